The van der Waals surface area contributed by atoms with E-state index in [1.54, 1.807) is 24.5 Å². The first kappa shape index (κ1) is 13.5. The number of benzene rings is 1. The Morgan fingerprint density at radius 2 is 2.05 bits per heavy atom. The molecule has 1 aliphatic rings. The zero-order valence-electron chi connectivity index (χ0n) is 11.9. The summed E-state index contributed by atoms with van der Waals surface area (Å²) in [5.41, 5.74) is 2.95. The Morgan fingerprint density at radius 3 is 2.86 bits per heavy atom. The second kappa shape index (κ2) is 4.93. The molecule has 3 aromatic rings. The van der Waals surface area contributed by atoms with Crippen molar-refractivity contribution in [3.05, 3.63) is 60.0 Å². The van der Waals surface area contributed by atoms with Crippen LogP contribution in [0.25, 0.3) is 10.9 Å². The second-order valence-electron chi connectivity index (χ2n) is 5.38. The van der Waals surface area contributed by atoms with Crippen LogP contribution < -0.4 is 5.32 Å². The molecule has 0 aliphatic carbocycles. The largest absolute Gasteiger partial charge is 0.312 e. The highest BCUT2D eigenvalue weighted by Crippen LogP contribution is 2.30. The van der Waals surface area contributed by atoms with Crippen LogP contribution >= 0.6 is 0 Å². The van der Waals surface area contributed by atoms with Crippen molar-refractivity contribution in [2.75, 3.05) is 6.54 Å². The van der Waals surface area contributed by atoms with E-state index < -0.39 is 10.0 Å². The summed E-state index contributed by atoms with van der Waals surface area (Å²) in [4.78, 5) is 4.13. The monoisotopic (exact) mass is 313 g/mol. The highest BCUT2D eigenvalue weighted by Gasteiger charge is 2.23. The van der Waals surface area contributed by atoms with Gasteiger partial charge in [-0.25, -0.2) is 12.4 Å². The smallest absolute Gasteiger partial charge is 0.269 e. The molecule has 1 aromatic carbocycles. The molecular formula is C16H15N3O2S. The van der Waals surface area contributed by atoms with Crippen LogP contribution in [0, 0.1) is 0 Å². The maximum absolute atomic E-state index is 12.9. The standard InChI is InChI=1S/C16H15N3O2S/c20-22(21,14-4-2-7-17-10-14)19-11-13-6-8-18-9-12-3-1-5-15(19)16(12)13/h1-5,7,10-11,18H,6,8-9H2. The van der Waals surface area contributed by atoms with Crippen LogP contribution in [0.3, 0.4) is 0 Å². The average molecular weight is 313 g/mol. The van der Waals surface area contributed by atoms with Crippen molar-refractivity contribution in [3.8, 4) is 0 Å². The molecule has 112 valence electrons. The number of pyridine rings is 1. The van der Waals surface area contributed by atoms with Gasteiger partial charge in [-0.05, 0) is 42.3 Å². The maximum atomic E-state index is 12.9. The molecule has 2 aromatic heterocycles. The molecule has 4 rings (SSSR count). The molecule has 1 aliphatic heterocycles. The lowest BCUT2D eigenvalue weighted by atomic mass is 10.1. The van der Waals surface area contributed by atoms with Crippen molar-refractivity contribution in [2.45, 2.75) is 17.9 Å². The van der Waals surface area contributed by atoms with Crippen LogP contribution in [-0.2, 0) is 23.0 Å². The highest BCUT2D eigenvalue weighted by atomic mass is 32.2. The third-order valence-electron chi connectivity index (χ3n) is 4.04. The SMILES string of the molecule is O=S(=O)(c1cccnc1)n1cc2c3c(cccc31)CNCC2. The lowest BCUT2D eigenvalue weighted by molar-refractivity contribution is 0.588. The van der Waals surface area contributed by atoms with Crippen LogP contribution in [0.2, 0.25) is 0 Å². The molecule has 0 atom stereocenters. The third kappa shape index (κ3) is 1.95. The first-order valence-corrected chi connectivity index (χ1v) is 8.60. The van der Waals surface area contributed by atoms with E-state index in [1.165, 1.54) is 10.2 Å². The minimum Gasteiger partial charge on any atom is -0.312 e. The lowest BCUT2D eigenvalue weighted by Crippen LogP contribution is -2.15. The van der Waals surface area contributed by atoms with Crippen molar-refractivity contribution in [2.24, 2.45) is 0 Å². The van der Waals surface area contributed by atoms with Gasteiger partial charge in [0.25, 0.3) is 10.0 Å². The van der Waals surface area contributed by atoms with Crippen LogP contribution in [-0.4, -0.2) is 23.9 Å². The van der Waals surface area contributed by atoms with Crippen molar-refractivity contribution in [1.82, 2.24) is 14.3 Å². The molecule has 0 fully saturated rings. The molecule has 0 unspecified atom stereocenters. The molecule has 0 saturated carbocycles. The second-order valence-corrected chi connectivity index (χ2v) is 7.20. The predicted molar refractivity (Wildman–Crippen MR) is 84.2 cm³/mol. The van der Waals surface area contributed by atoms with Gasteiger partial charge < -0.3 is 5.32 Å². The van der Waals surface area contributed by atoms with Crippen molar-refractivity contribution in [3.63, 3.8) is 0 Å². The number of rotatable bonds is 2. The molecule has 22 heavy (non-hydrogen) atoms. The van der Waals surface area contributed by atoms with Crippen molar-refractivity contribution < 1.29 is 8.42 Å². The minimum absolute atomic E-state index is 0.207. The zero-order chi connectivity index (χ0) is 15.2. The molecule has 0 spiro atoms. The maximum Gasteiger partial charge on any atom is 0.269 e. The first-order chi connectivity index (χ1) is 10.7. The Balaban J connectivity index is 2.01. The van der Waals surface area contributed by atoms with Gasteiger partial charge in [-0.3, -0.25) is 4.98 Å². The van der Waals surface area contributed by atoms with Crippen LogP contribution in [0.4, 0.5) is 0 Å². The molecular weight excluding hydrogens is 298 g/mol. The minimum atomic E-state index is -3.62. The van der Waals surface area contributed by atoms with Crippen LogP contribution in [0.15, 0.2) is 53.8 Å². The summed E-state index contributed by atoms with van der Waals surface area (Å²) in [5.74, 6) is 0. The van der Waals surface area contributed by atoms with Crippen LogP contribution in [0.5, 0.6) is 0 Å². The van der Waals surface area contributed by atoms with E-state index in [1.807, 2.05) is 18.2 Å². The third-order valence-corrected chi connectivity index (χ3v) is 5.70. The Hall–Kier alpha value is -2.18. The number of aromatic nitrogens is 2. The van der Waals surface area contributed by atoms with Gasteiger partial charge in [0.2, 0.25) is 0 Å². The van der Waals surface area contributed by atoms with Gasteiger partial charge in [-0.2, -0.15) is 0 Å². The van der Waals surface area contributed by atoms with Gasteiger partial charge in [0.15, 0.2) is 0 Å². The van der Waals surface area contributed by atoms with Crippen molar-refractivity contribution in [1.29, 1.82) is 0 Å². The van der Waals surface area contributed by atoms with E-state index in [4.69, 9.17) is 0 Å². The van der Waals surface area contributed by atoms with Gasteiger partial charge in [-0.1, -0.05) is 12.1 Å². The zero-order valence-corrected chi connectivity index (χ0v) is 12.7. The van der Waals surface area contributed by atoms with Gasteiger partial charge in [0.05, 0.1) is 5.52 Å². The van der Waals surface area contributed by atoms with E-state index in [0.29, 0.717) is 0 Å². The number of nitrogens with one attached hydrogen (secondary N) is 1. The lowest BCUT2D eigenvalue weighted by Gasteiger charge is -2.08. The molecule has 5 nitrogen and oxygen atoms in total. The molecule has 0 radical (unpaired) electrons. The number of hydrogen-bond acceptors (Lipinski definition) is 4. The quantitative estimate of drug-likeness (QED) is 0.785. The molecule has 0 amide bonds. The van der Waals surface area contributed by atoms with Gasteiger partial charge in [-0.15, -0.1) is 0 Å². The fourth-order valence-electron chi connectivity index (χ4n) is 3.01. The van der Waals surface area contributed by atoms with Gasteiger partial charge >= 0.3 is 0 Å². The van der Waals surface area contributed by atoms with E-state index in [-0.39, 0.29) is 4.90 Å². The molecule has 0 bridgehead atoms. The summed E-state index contributed by atoms with van der Waals surface area (Å²) in [6, 6.07) is 9.03. The van der Waals surface area contributed by atoms with Gasteiger partial charge in [0.1, 0.15) is 4.90 Å². The van der Waals surface area contributed by atoms with E-state index >= 15 is 0 Å². The van der Waals surface area contributed by atoms with Crippen molar-refractivity contribution >= 4 is 20.9 Å². The average Bonchev–Trinajstić information content (AvgIpc) is 2.80. The molecule has 6 heteroatoms. The molecule has 3 heterocycles. The Morgan fingerprint density at radius 1 is 1.14 bits per heavy atom. The number of hydrogen-bond donors (Lipinski definition) is 1. The summed E-state index contributed by atoms with van der Waals surface area (Å²) in [6.07, 6.45) is 5.53. The summed E-state index contributed by atoms with van der Waals surface area (Å²) in [5, 5.41) is 4.42. The topological polar surface area (TPSA) is 64.0 Å². The Kier molecular flexibility index (Phi) is 3.02. The molecule has 1 N–H and O–H groups in total. The van der Waals surface area contributed by atoms with Crippen LogP contribution in [0.1, 0.15) is 11.1 Å². The van der Waals surface area contributed by atoms with E-state index in [9.17, 15) is 8.42 Å². The fraction of sp³-hybridized carbons (Fsp3) is 0.188. The van der Waals surface area contributed by atoms with E-state index in [2.05, 4.69) is 10.3 Å². The van der Waals surface area contributed by atoms with E-state index in [0.717, 1.165) is 41.5 Å². The summed E-state index contributed by atoms with van der Waals surface area (Å²) in [7, 11) is -3.62. The Labute approximate surface area is 128 Å². The fourth-order valence-corrected chi connectivity index (χ4v) is 4.36. The first-order valence-electron chi connectivity index (χ1n) is 7.16. The normalized spacial score (nSPS) is 14.9. The summed E-state index contributed by atoms with van der Waals surface area (Å²) in [6.45, 7) is 1.61. The highest BCUT2D eigenvalue weighted by molar-refractivity contribution is 7.90. The van der Waals surface area contributed by atoms with Gasteiger partial charge in [0, 0.05) is 30.5 Å². The number of nitrogens with zero attached hydrogens (tertiary/aromatic N) is 2. The summed E-state index contributed by atoms with van der Waals surface area (Å²) < 4.78 is 27.2. The summed E-state index contributed by atoms with van der Waals surface area (Å²) >= 11 is 0. The molecule has 0 saturated heterocycles. The predicted octanol–water partition coefficient (Wildman–Crippen LogP) is 1.92. The Bertz CT molecular complexity index is 946.